The van der Waals surface area contributed by atoms with E-state index in [4.69, 9.17) is 10.4 Å². The van der Waals surface area contributed by atoms with Gasteiger partial charge < -0.3 is 10.2 Å². The maximum absolute atomic E-state index is 14.5. The smallest absolute Gasteiger partial charge is 0.124 e. The summed E-state index contributed by atoms with van der Waals surface area (Å²) in [5, 5.41) is 17.4. The second-order valence-corrected chi connectivity index (χ2v) is 9.89. The highest BCUT2D eigenvalue weighted by atomic mass is 19.1. The number of rotatable bonds is 2. The van der Waals surface area contributed by atoms with Gasteiger partial charge in [0.2, 0.25) is 0 Å². The third-order valence-corrected chi connectivity index (χ3v) is 7.78. The Bertz CT molecular complexity index is 1280. The third kappa shape index (κ3) is 3.61. The number of nitrogens with one attached hydrogen (secondary N) is 2. The van der Waals surface area contributed by atoms with Crippen LogP contribution in [0.3, 0.4) is 0 Å². The lowest BCUT2D eigenvalue weighted by atomic mass is 9.77. The maximum atomic E-state index is 14.5. The first-order valence-corrected chi connectivity index (χ1v) is 12.1. The predicted molar refractivity (Wildman–Crippen MR) is 133 cm³/mol. The van der Waals surface area contributed by atoms with E-state index in [2.05, 4.69) is 41.0 Å². The highest BCUT2D eigenvalue weighted by Crippen LogP contribution is 2.41. The van der Waals surface area contributed by atoms with Gasteiger partial charge in [0.25, 0.3) is 0 Å². The number of hydrogen-bond donors (Lipinski definition) is 2. The summed E-state index contributed by atoms with van der Waals surface area (Å²) in [6.45, 7) is 1.64. The van der Waals surface area contributed by atoms with E-state index >= 15 is 0 Å². The fraction of sp³-hybridized carbons (Fsp3) is 0.357. The number of hydrogen-bond acceptors (Lipinski definition) is 5. The molecule has 0 aromatic heterocycles. The average Bonchev–Trinajstić information content (AvgIpc) is 3.18. The quantitative estimate of drug-likeness (QED) is 0.641. The van der Waals surface area contributed by atoms with Gasteiger partial charge >= 0.3 is 0 Å². The Morgan fingerprint density at radius 2 is 2.09 bits per heavy atom. The monoisotopic (exact) mass is 453 g/mol. The largest absolute Gasteiger partial charge is 0.375 e. The summed E-state index contributed by atoms with van der Waals surface area (Å²) in [5.41, 5.74) is 12.9. The molecule has 3 heterocycles. The van der Waals surface area contributed by atoms with Gasteiger partial charge in [-0.3, -0.25) is 5.43 Å². The number of fused-ring (bicyclic) bond motifs is 2. The Balaban J connectivity index is 1.33. The molecule has 1 aromatic rings. The van der Waals surface area contributed by atoms with Crippen LogP contribution in [0.1, 0.15) is 48.8 Å². The molecule has 1 aromatic carbocycles. The minimum atomic E-state index is -0.222. The molecule has 1 saturated carbocycles. The van der Waals surface area contributed by atoms with Crippen LogP contribution in [0.4, 0.5) is 4.39 Å². The number of likely N-dealkylation sites (N-methyl/N-ethyl adjacent to an activating group) is 1. The minimum Gasteiger partial charge on any atom is -0.375 e. The molecule has 172 valence electrons. The standard InChI is InChI=1S/C28H28FN5/c1-34-15-23(19-9-11-31-26(13-19)18-4-2-17(3-5-18)8-10-30)28-24(16-34)22-14-21(29)12-20-6-7-25(27(20)22)32-33-28/h6-9,12,14,16,18,26,31,33H,2-5,11,13,15H2,1H3. The predicted octanol–water partition coefficient (Wildman–Crippen LogP) is 4.63. The zero-order valence-electron chi connectivity index (χ0n) is 19.4. The van der Waals surface area contributed by atoms with E-state index in [0.29, 0.717) is 12.0 Å². The molecule has 34 heavy (non-hydrogen) atoms. The second kappa shape index (κ2) is 8.41. The number of nitriles is 1. The molecule has 5 aliphatic rings. The van der Waals surface area contributed by atoms with Crippen molar-refractivity contribution in [2.24, 2.45) is 11.0 Å². The first kappa shape index (κ1) is 21.1. The SMILES string of the molecule is CN1C=C2C(=C(C3=CCNC(C4CCC(=CC#N)CC4)C3)C1)NN=C1C=Cc3cc(F)cc2c31. The first-order chi connectivity index (χ1) is 16.6. The van der Waals surface area contributed by atoms with E-state index in [1.54, 1.807) is 18.2 Å². The summed E-state index contributed by atoms with van der Waals surface area (Å²) in [6.07, 6.45) is 15.3. The molecular weight excluding hydrogens is 425 g/mol. The summed E-state index contributed by atoms with van der Waals surface area (Å²) in [6, 6.07) is 5.85. The first-order valence-electron chi connectivity index (χ1n) is 12.1. The van der Waals surface area contributed by atoms with Crippen LogP contribution in [0.15, 0.2) is 64.1 Å². The molecule has 3 aliphatic heterocycles. The highest BCUT2D eigenvalue weighted by Gasteiger charge is 2.33. The number of benzene rings is 1. The van der Waals surface area contributed by atoms with Gasteiger partial charge in [0.15, 0.2) is 0 Å². The van der Waals surface area contributed by atoms with Gasteiger partial charge in [0.1, 0.15) is 5.82 Å². The van der Waals surface area contributed by atoms with Crippen molar-refractivity contribution >= 4 is 17.4 Å². The van der Waals surface area contributed by atoms with Crippen LogP contribution in [-0.2, 0) is 0 Å². The molecule has 2 aliphatic carbocycles. The molecule has 0 amide bonds. The van der Waals surface area contributed by atoms with Gasteiger partial charge in [-0.2, -0.15) is 10.4 Å². The van der Waals surface area contributed by atoms with E-state index in [0.717, 1.165) is 78.9 Å². The summed E-state index contributed by atoms with van der Waals surface area (Å²) < 4.78 is 14.5. The summed E-state index contributed by atoms with van der Waals surface area (Å²) in [4.78, 5) is 2.19. The van der Waals surface area contributed by atoms with Gasteiger partial charge in [-0.25, -0.2) is 4.39 Å². The molecular formula is C28H28FN5. The number of allylic oxidation sites excluding steroid dienone is 4. The van der Waals surface area contributed by atoms with E-state index < -0.39 is 0 Å². The van der Waals surface area contributed by atoms with E-state index in [1.807, 2.05) is 12.2 Å². The number of nitrogens with zero attached hydrogens (tertiary/aromatic N) is 3. The topological polar surface area (TPSA) is 63.5 Å². The molecule has 6 heteroatoms. The van der Waals surface area contributed by atoms with E-state index in [-0.39, 0.29) is 5.82 Å². The van der Waals surface area contributed by atoms with Crippen molar-refractivity contribution in [1.29, 1.82) is 5.26 Å². The van der Waals surface area contributed by atoms with Gasteiger partial charge in [-0.1, -0.05) is 17.7 Å². The van der Waals surface area contributed by atoms with Crippen molar-refractivity contribution in [2.45, 2.75) is 38.1 Å². The molecule has 1 fully saturated rings. The lowest BCUT2D eigenvalue weighted by Gasteiger charge is -2.37. The summed E-state index contributed by atoms with van der Waals surface area (Å²) >= 11 is 0. The molecule has 0 bridgehead atoms. The van der Waals surface area contributed by atoms with Crippen molar-refractivity contribution in [3.8, 4) is 6.07 Å². The van der Waals surface area contributed by atoms with Gasteiger partial charge in [0, 0.05) is 55.2 Å². The normalized spacial score (nSPS) is 25.4. The van der Waals surface area contributed by atoms with Crippen LogP contribution in [0.5, 0.6) is 0 Å². The zero-order valence-corrected chi connectivity index (χ0v) is 19.4. The molecule has 1 atom stereocenters. The van der Waals surface area contributed by atoms with Gasteiger partial charge in [-0.05, 0) is 72.9 Å². The van der Waals surface area contributed by atoms with Crippen LogP contribution >= 0.6 is 0 Å². The van der Waals surface area contributed by atoms with Crippen LogP contribution in [0.2, 0.25) is 0 Å². The Hall–Kier alpha value is -3.43. The second-order valence-electron chi connectivity index (χ2n) is 9.89. The molecule has 6 rings (SSSR count). The van der Waals surface area contributed by atoms with Crippen LogP contribution < -0.4 is 10.7 Å². The Labute approximate surface area is 199 Å². The maximum Gasteiger partial charge on any atom is 0.124 e. The molecule has 1 unspecified atom stereocenters. The van der Waals surface area contributed by atoms with Gasteiger partial charge in [0.05, 0.1) is 17.5 Å². The molecule has 0 radical (unpaired) electrons. The Morgan fingerprint density at radius 1 is 1.24 bits per heavy atom. The van der Waals surface area contributed by atoms with Crippen LogP contribution in [0.25, 0.3) is 11.6 Å². The molecule has 0 saturated heterocycles. The Morgan fingerprint density at radius 3 is 2.91 bits per heavy atom. The summed E-state index contributed by atoms with van der Waals surface area (Å²) in [7, 11) is 2.08. The van der Waals surface area contributed by atoms with Crippen LogP contribution in [0, 0.1) is 23.1 Å². The molecule has 2 N–H and O–H groups in total. The Kier molecular flexibility index (Phi) is 5.23. The van der Waals surface area contributed by atoms with Crippen LogP contribution in [-0.4, -0.2) is 36.8 Å². The molecule has 5 nitrogen and oxygen atoms in total. The zero-order chi connectivity index (χ0) is 23.2. The highest BCUT2D eigenvalue weighted by molar-refractivity contribution is 6.20. The van der Waals surface area contributed by atoms with Crippen molar-refractivity contribution in [1.82, 2.24) is 15.6 Å². The molecule has 0 spiro atoms. The third-order valence-electron chi connectivity index (χ3n) is 7.78. The minimum absolute atomic E-state index is 0.222. The van der Waals surface area contributed by atoms with Crippen molar-refractivity contribution in [3.05, 3.63) is 81.5 Å². The van der Waals surface area contributed by atoms with Crippen molar-refractivity contribution in [2.75, 3.05) is 20.1 Å². The fourth-order valence-electron chi connectivity index (χ4n) is 6.09. The average molecular weight is 454 g/mol. The number of halogens is 1. The lowest BCUT2D eigenvalue weighted by Crippen LogP contribution is -2.41. The van der Waals surface area contributed by atoms with Gasteiger partial charge in [-0.15, -0.1) is 0 Å². The lowest BCUT2D eigenvalue weighted by molar-refractivity contribution is 0.292. The number of hydrazone groups is 1. The fourth-order valence-corrected chi connectivity index (χ4v) is 6.09. The van der Waals surface area contributed by atoms with Crippen molar-refractivity contribution in [3.63, 3.8) is 0 Å². The van der Waals surface area contributed by atoms with E-state index in [1.165, 1.54) is 16.7 Å². The summed E-state index contributed by atoms with van der Waals surface area (Å²) in [5.74, 6) is 0.390. The van der Waals surface area contributed by atoms with Crippen molar-refractivity contribution < 1.29 is 4.39 Å². The van der Waals surface area contributed by atoms with E-state index in [9.17, 15) is 4.39 Å².